The molecular weight excluding hydrogens is 328 g/mol. The average Bonchev–Trinajstić information content (AvgIpc) is 2.59. The fourth-order valence-electron chi connectivity index (χ4n) is 2.70. The van der Waals surface area contributed by atoms with Crippen molar-refractivity contribution < 1.29 is 17.9 Å². The lowest BCUT2D eigenvalue weighted by Crippen LogP contribution is -2.38. The van der Waals surface area contributed by atoms with Crippen LogP contribution in [0, 0.1) is 5.92 Å². The molecular formula is C17H26N2O4S. The molecule has 0 atom stereocenters. The van der Waals surface area contributed by atoms with Crippen molar-refractivity contribution in [3.63, 3.8) is 0 Å². The number of rotatable bonds is 7. The zero-order valence-electron chi connectivity index (χ0n) is 14.3. The minimum Gasteiger partial charge on any atom is -0.385 e. The molecule has 0 spiro atoms. The van der Waals surface area contributed by atoms with Crippen LogP contribution in [0.4, 0.5) is 0 Å². The van der Waals surface area contributed by atoms with Gasteiger partial charge in [-0.1, -0.05) is 13.0 Å². The van der Waals surface area contributed by atoms with Crippen LogP contribution in [0.2, 0.25) is 0 Å². The molecule has 0 unspecified atom stereocenters. The highest BCUT2D eigenvalue weighted by atomic mass is 32.2. The zero-order valence-corrected chi connectivity index (χ0v) is 15.1. The third-order valence-corrected chi connectivity index (χ3v) is 5.74. The summed E-state index contributed by atoms with van der Waals surface area (Å²) in [6.45, 7) is 4.44. The number of sulfonamides is 1. The quantitative estimate of drug-likeness (QED) is 0.759. The Labute approximate surface area is 144 Å². The molecule has 1 aromatic rings. The van der Waals surface area contributed by atoms with Crippen LogP contribution >= 0.6 is 0 Å². The molecule has 0 saturated carbocycles. The molecule has 1 fully saturated rings. The van der Waals surface area contributed by atoms with E-state index in [-0.39, 0.29) is 10.8 Å². The number of hydrogen-bond acceptors (Lipinski definition) is 4. The molecule has 1 amide bonds. The summed E-state index contributed by atoms with van der Waals surface area (Å²) in [5.74, 6) is 0.537. The number of piperidine rings is 1. The fraction of sp³-hybridized carbons (Fsp3) is 0.588. The molecule has 24 heavy (non-hydrogen) atoms. The van der Waals surface area contributed by atoms with Gasteiger partial charge in [0.2, 0.25) is 10.0 Å². The monoisotopic (exact) mass is 354 g/mol. The Balaban J connectivity index is 2.06. The van der Waals surface area contributed by atoms with Crippen molar-refractivity contribution in [3.8, 4) is 0 Å². The summed E-state index contributed by atoms with van der Waals surface area (Å²) in [4.78, 5) is 14.5. The Bertz CT molecular complexity index is 652. The number of likely N-dealkylation sites (tertiary alicyclic amines) is 1. The molecule has 1 aliphatic heterocycles. The van der Waals surface area contributed by atoms with Crippen LogP contribution in [-0.2, 0) is 14.8 Å². The first-order valence-corrected chi connectivity index (χ1v) is 9.80. The van der Waals surface area contributed by atoms with Gasteiger partial charge in [0.15, 0.2) is 0 Å². The van der Waals surface area contributed by atoms with Crippen molar-refractivity contribution in [2.24, 2.45) is 5.92 Å². The minimum atomic E-state index is -3.61. The minimum absolute atomic E-state index is 0.0988. The number of carbonyl (C=O) groups excluding carboxylic acids is 1. The van der Waals surface area contributed by atoms with E-state index in [0.717, 1.165) is 25.9 Å². The van der Waals surface area contributed by atoms with Crippen molar-refractivity contribution >= 4 is 15.9 Å². The summed E-state index contributed by atoms with van der Waals surface area (Å²) in [6.07, 6.45) is 2.58. The number of methoxy groups -OCH3 is 1. The van der Waals surface area contributed by atoms with Gasteiger partial charge < -0.3 is 9.64 Å². The second kappa shape index (κ2) is 8.60. The molecule has 7 heteroatoms. The second-order valence-corrected chi connectivity index (χ2v) is 8.01. The summed E-state index contributed by atoms with van der Waals surface area (Å²) < 4.78 is 32.1. The van der Waals surface area contributed by atoms with Gasteiger partial charge in [0, 0.05) is 38.9 Å². The van der Waals surface area contributed by atoms with E-state index in [4.69, 9.17) is 4.74 Å². The summed E-state index contributed by atoms with van der Waals surface area (Å²) in [6, 6.07) is 6.25. The van der Waals surface area contributed by atoms with Gasteiger partial charge in [-0.2, -0.15) is 0 Å². The number of benzene rings is 1. The topological polar surface area (TPSA) is 75.7 Å². The smallest absolute Gasteiger partial charge is 0.253 e. The van der Waals surface area contributed by atoms with Crippen LogP contribution in [-0.4, -0.2) is 52.6 Å². The molecule has 134 valence electrons. The van der Waals surface area contributed by atoms with Crippen LogP contribution in [0.3, 0.4) is 0 Å². The van der Waals surface area contributed by atoms with Gasteiger partial charge >= 0.3 is 0 Å². The van der Waals surface area contributed by atoms with Crippen molar-refractivity contribution in [2.45, 2.75) is 31.1 Å². The SMILES string of the molecule is COCCCNS(=O)(=O)c1cccc(C(=O)N2CCC(C)CC2)c1. The normalized spacial score (nSPS) is 16.3. The van der Waals surface area contributed by atoms with Gasteiger partial charge in [-0.15, -0.1) is 0 Å². The van der Waals surface area contributed by atoms with Crippen molar-refractivity contribution in [1.29, 1.82) is 0 Å². The summed E-state index contributed by atoms with van der Waals surface area (Å²) in [7, 11) is -2.04. The Morgan fingerprint density at radius 3 is 2.71 bits per heavy atom. The van der Waals surface area contributed by atoms with Gasteiger partial charge in [-0.25, -0.2) is 13.1 Å². The molecule has 0 bridgehead atoms. The first-order chi connectivity index (χ1) is 11.4. The zero-order chi connectivity index (χ0) is 17.6. The predicted octanol–water partition coefficient (Wildman–Crippen LogP) is 1.87. The van der Waals surface area contributed by atoms with Crippen molar-refractivity contribution in [1.82, 2.24) is 9.62 Å². The maximum Gasteiger partial charge on any atom is 0.253 e. The van der Waals surface area contributed by atoms with Gasteiger partial charge in [-0.05, 0) is 43.4 Å². The molecule has 1 N–H and O–H groups in total. The lowest BCUT2D eigenvalue weighted by atomic mass is 9.98. The highest BCUT2D eigenvalue weighted by molar-refractivity contribution is 7.89. The van der Waals surface area contributed by atoms with Crippen molar-refractivity contribution in [3.05, 3.63) is 29.8 Å². The number of nitrogens with zero attached hydrogens (tertiary/aromatic N) is 1. The average molecular weight is 354 g/mol. The largest absolute Gasteiger partial charge is 0.385 e. The number of nitrogens with one attached hydrogen (secondary N) is 1. The highest BCUT2D eigenvalue weighted by Crippen LogP contribution is 2.19. The summed E-state index contributed by atoms with van der Waals surface area (Å²) in [5.41, 5.74) is 0.421. The van der Waals surface area contributed by atoms with Gasteiger partial charge in [-0.3, -0.25) is 4.79 Å². The lowest BCUT2D eigenvalue weighted by molar-refractivity contribution is 0.0697. The van der Waals surface area contributed by atoms with E-state index in [0.29, 0.717) is 31.1 Å². The van der Waals surface area contributed by atoms with E-state index in [1.54, 1.807) is 24.1 Å². The molecule has 1 saturated heterocycles. The Hall–Kier alpha value is -1.44. The van der Waals surface area contributed by atoms with Gasteiger partial charge in [0.25, 0.3) is 5.91 Å². The highest BCUT2D eigenvalue weighted by Gasteiger charge is 2.23. The maximum atomic E-state index is 12.6. The van der Waals surface area contributed by atoms with E-state index in [1.165, 1.54) is 12.1 Å². The van der Waals surface area contributed by atoms with E-state index in [9.17, 15) is 13.2 Å². The van der Waals surface area contributed by atoms with Crippen molar-refractivity contribution in [2.75, 3.05) is 33.4 Å². The van der Waals surface area contributed by atoms with E-state index in [1.807, 2.05) is 0 Å². The lowest BCUT2D eigenvalue weighted by Gasteiger charge is -2.30. The van der Waals surface area contributed by atoms with E-state index >= 15 is 0 Å². The Morgan fingerprint density at radius 2 is 2.04 bits per heavy atom. The number of carbonyl (C=O) groups is 1. The van der Waals surface area contributed by atoms with Crippen LogP contribution in [0.1, 0.15) is 36.5 Å². The number of amides is 1. The Morgan fingerprint density at radius 1 is 1.33 bits per heavy atom. The molecule has 1 heterocycles. The van der Waals surface area contributed by atoms with E-state index in [2.05, 4.69) is 11.6 Å². The number of hydrogen-bond donors (Lipinski definition) is 1. The molecule has 6 nitrogen and oxygen atoms in total. The molecule has 1 aromatic carbocycles. The van der Waals surface area contributed by atoms with Crippen LogP contribution in [0.5, 0.6) is 0 Å². The second-order valence-electron chi connectivity index (χ2n) is 6.25. The van der Waals surface area contributed by atoms with Crippen LogP contribution in [0.15, 0.2) is 29.2 Å². The fourth-order valence-corrected chi connectivity index (χ4v) is 3.82. The molecule has 0 aromatic heterocycles. The first-order valence-electron chi connectivity index (χ1n) is 8.32. The molecule has 0 aliphatic carbocycles. The maximum absolute atomic E-state index is 12.6. The van der Waals surface area contributed by atoms with Crippen LogP contribution < -0.4 is 4.72 Å². The molecule has 0 radical (unpaired) electrons. The first kappa shape index (κ1) is 18.9. The third-order valence-electron chi connectivity index (χ3n) is 4.28. The van der Waals surface area contributed by atoms with Crippen LogP contribution in [0.25, 0.3) is 0 Å². The van der Waals surface area contributed by atoms with Gasteiger partial charge in [0.1, 0.15) is 0 Å². The number of ether oxygens (including phenoxy) is 1. The summed E-state index contributed by atoms with van der Waals surface area (Å²) >= 11 is 0. The predicted molar refractivity (Wildman–Crippen MR) is 92.4 cm³/mol. The van der Waals surface area contributed by atoms with E-state index < -0.39 is 10.0 Å². The van der Waals surface area contributed by atoms with Gasteiger partial charge in [0.05, 0.1) is 4.90 Å². The third kappa shape index (κ3) is 5.03. The summed E-state index contributed by atoms with van der Waals surface area (Å²) in [5, 5.41) is 0. The molecule has 2 rings (SSSR count). The Kier molecular flexibility index (Phi) is 6.77. The standard InChI is InChI=1S/C17H26N2O4S/c1-14-7-10-19(11-8-14)17(20)15-5-3-6-16(13-15)24(21,22)18-9-4-12-23-2/h3,5-6,13-14,18H,4,7-12H2,1-2H3. The molecule has 1 aliphatic rings.